The van der Waals surface area contributed by atoms with Gasteiger partial charge in [0.1, 0.15) is 0 Å². The number of benzene rings is 2. The maximum atomic E-state index is 10.4. The molecule has 2 aromatic rings. The first-order chi connectivity index (χ1) is 9.65. The molecule has 0 spiro atoms. The van der Waals surface area contributed by atoms with Gasteiger partial charge in [0.25, 0.3) is 0 Å². The van der Waals surface area contributed by atoms with Crippen LogP contribution in [0.2, 0.25) is 0 Å². The number of hydrogen-bond acceptors (Lipinski definition) is 2. The molecule has 0 heterocycles. The minimum absolute atomic E-state index is 0.251. The molecule has 0 unspecified atom stereocenters. The number of carboxylic acids is 1. The summed E-state index contributed by atoms with van der Waals surface area (Å²) in [5, 5.41) is 8.59. The number of hydrogen-bond donors (Lipinski definition) is 2. The molecule has 3 heteroatoms. The third-order valence-corrected chi connectivity index (χ3v) is 3.28. The van der Waals surface area contributed by atoms with E-state index in [1.165, 1.54) is 5.56 Å². The Morgan fingerprint density at radius 1 is 1.00 bits per heavy atom. The maximum absolute atomic E-state index is 10.4. The van der Waals surface area contributed by atoms with E-state index in [0.717, 1.165) is 36.1 Å². The van der Waals surface area contributed by atoms with Gasteiger partial charge in [-0.05, 0) is 48.1 Å². The number of aryl methyl sites for hydroxylation is 1. The second kappa shape index (κ2) is 6.75. The van der Waals surface area contributed by atoms with Crippen LogP contribution < -0.4 is 5.73 Å². The highest BCUT2D eigenvalue weighted by Crippen LogP contribution is 2.22. The third-order valence-electron chi connectivity index (χ3n) is 3.28. The van der Waals surface area contributed by atoms with Crippen LogP contribution in [0.15, 0.2) is 48.5 Å². The molecule has 2 aromatic carbocycles. The van der Waals surface area contributed by atoms with Crippen molar-refractivity contribution in [2.45, 2.75) is 25.7 Å². The number of carbonyl (C=O) groups is 1. The number of aliphatic carboxylic acids is 1. The molecule has 0 saturated heterocycles. The molecule has 0 atom stereocenters. The van der Waals surface area contributed by atoms with E-state index in [1.54, 1.807) is 0 Å². The minimum Gasteiger partial charge on any atom is -0.481 e. The van der Waals surface area contributed by atoms with E-state index in [9.17, 15) is 4.79 Å². The van der Waals surface area contributed by atoms with Gasteiger partial charge in [0, 0.05) is 12.1 Å². The fourth-order valence-corrected chi connectivity index (χ4v) is 2.19. The summed E-state index contributed by atoms with van der Waals surface area (Å²) in [5.41, 5.74) is 10.0. The van der Waals surface area contributed by atoms with Crippen LogP contribution >= 0.6 is 0 Å². The largest absolute Gasteiger partial charge is 0.481 e. The number of unbranched alkanes of at least 4 members (excludes halogenated alkanes) is 1. The van der Waals surface area contributed by atoms with Crippen molar-refractivity contribution in [3.63, 3.8) is 0 Å². The minimum atomic E-state index is -0.720. The number of carboxylic acid groups (broad SMARTS) is 1. The van der Waals surface area contributed by atoms with Crippen molar-refractivity contribution in [1.82, 2.24) is 0 Å². The highest BCUT2D eigenvalue weighted by Gasteiger charge is 2.00. The van der Waals surface area contributed by atoms with E-state index in [2.05, 4.69) is 24.3 Å². The van der Waals surface area contributed by atoms with E-state index < -0.39 is 5.97 Å². The summed E-state index contributed by atoms with van der Waals surface area (Å²) in [6, 6.07) is 16.2. The molecule has 104 valence electrons. The van der Waals surface area contributed by atoms with Crippen LogP contribution in [-0.4, -0.2) is 11.1 Å². The Kier molecular flexibility index (Phi) is 4.77. The number of anilines is 1. The van der Waals surface area contributed by atoms with Gasteiger partial charge in [-0.15, -0.1) is 0 Å². The Morgan fingerprint density at radius 3 is 2.40 bits per heavy atom. The maximum Gasteiger partial charge on any atom is 0.303 e. The average Bonchev–Trinajstić information content (AvgIpc) is 2.44. The van der Waals surface area contributed by atoms with Gasteiger partial charge in [-0.1, -0.05) is 36.4 Å². The highest BCUT2D eigenvalue weighted by atomic mass is 16.4. The standard InChI is InChI=1S/C17H19NO2/c18-16-6-3-5-15(12-16)14-10-8-13(9-11-14)4-1-2-7-17(19)20/h3,5-6,8-12H,1-2,4,7,18H2,(H,19,20). The van der Waals surface area contributed by atoms with Crippen LogP contribution in [0.25, 0.3) is 11.1 Å². The lowest BCUT2D eigenvalue weighted by Gasteiger charge is -2.05. The van der Waals surface area contributed by atoms with Crippen molar-refractivity contribution in [3.05, 3.63) is 54.1 Å². The Bertz CT molecular complexity index is 576. The van der Waals surface area contributed by atoms with Crippen molar-refractivity contribution in [1.29, 1.82) is 0 Å². The molecule has 0 fully saturated rings. The molecule has 0 aromatic heterocycles. The molecule has 0 amide bonds. The molecule has 0 radical (unpaired) electrons. The average molecular weight is 269 g/mol. The van der Waals surface area contributed by atoms with Crippen LogP contribution in [0, 0.1) is 0 Å². The van der Waals surface area contributed by atoms with Crippen molar-refractivity contribution < 1.29 is 9.90 Å². The van der Waals surface area contributed by atoms with E-state index in [1.807, 2.05) is 24.3 Å². The Balaban J connectivity index is 1.94. The first-order valence-electron chi connectivity index (χ1n) is 6.82. The van der Waals surface area contributed by atoms with E-state index >= 15 is 0 Å². The van der Waals surface area contributed by atoms with Crippen LogP contribution in [0.3, 0.4) is 0 Å². The molecule has 2 rings (SSSR count). The fourth-order valence-electron chi connectivity index (χ4n) is 2.19. The van der Waals surface area contributed by atoms with Gasteiger partial charge in [-0.25, -0.2) is 0 Å². The number of nitrogens with two attached hydrogens (primary N) is 1. The molecule has 20 heavy (non-hydrogen) atoms. The monoisotopic (exact) mass is 269 g/mol. The second-order valence-electron chi connectivity index (χ2n) is 4.92. The van der Waals surface area contributed by atoms with Crippen molar-refractivity contribution in [2.24, 2.45) is 0 Å². The lowest BCUT2D eigenvalue weighted by Crippen LogP contribution is -1.94. The van der Waals surface area contributed by atoms with E-state index in [4.69, 9.17) is 10.8 Å². The Labute approximate surface area is 119 Å². The first-order valence-corrected chi connectivity index (χ1v) is 6.82. The Morgan fingerprint density at radius 2 is 1.75 bits per heavy atom. The van der Waals surface area contributed by atoms with Crippen LogP contribution in [-0.2, 0) is 11.2 Å². The van der Waals surface area contributed by atoms with E-state index in [-0.39, 0.29) is 6.42 Å². The SMILES string of the molecule is Nc1cccc(-c2ccc(CCCCC(=O)O)cc2)c1. The molecule has 3 N–H and O–H groups in total. The third kappa shape index (κ3) is 4.12. The molecular weight excluding hydrogens is 250 g/mol. The lowest BCUT2D eigenvalue weighted by molar-refractivity contribution is -0.137. The van der Waals surface area contributed by atoms with Crippen molar-refractivity contribution in [2.75, 3.05) is 5.73 Å². The summed E-state index contributed by atoms with van der Waals surface area (Å²) >= 11 is 0. The summed E-state index contributed by atoms with van der Waals surface area (Å²) in [4.78, 5) is 10.4. The first kappa shape index (κ1) is 14.1. The van der Waals surface area contributed by atoms with Crippen molar-refractivity contribution >= 4 is 11.7 Å². The highest BCUT2D eigenvalue weighted by molar-refractivity contribution is 5.67. The molecule has 0 aliphatic rings. The molecule has 0 bridgehead atoms. The predicted octanol–water partition coefficient (Wildman–Crippen LogP) is 3.73. The zero-order valence-corrected chi connectivity index (χ0v) is 11.4. The van der Waals surface area contributed by atoms with Gasteiger partial charge in [-0.3, -0.25) is 4.79 Å². The van der Waals surface area contributed by atoms with Gasteiger partial charge in [-0.2, -0.15) is 0 Å². The smallest absolute Gasteiger partial charge is 0.303 e. The van der Waals surface area contributed by atoms with Crippen molar-refractivity contribution in [3.8, 4) is 11.1 Å². The van der Waals surface area contributed by atoms with Gasteiger partial charge >= 0.3 is 5.97 Å². The quantitative estimate of drug-likeness (QED) is 0.620. The molecule has 0 aliphatic heterocycles. The zero-order valence-electron chi connectivity index (χ0n) is 11.4. The Hall–Kier alpha value is -2.29. The lowest BCUT2D eigenvalue weighted by atomic mass is 10.0. The summed E-state index contributed by atoms with van der Waals surface area (Å²) in [6.45, 7) is 0. The molecular formula is C17H19NO2. The fraction of sp³-hybridized carbons (Fsp3) is 0.235. The second-order valence-corrected chi connectivity index (χ2v) is 4.92. The van der Waals surface area contributed by atoms with Gasteiger partial charge < -0.3 is 10.8 Å². The van der Waals surface area contributed by atoms with Crippen LogP contribution in [0.1, 0.15) is 24.8 Å². The normalized spacial score (nSPS) is 10.4. The van der Waals surface area contributed by atoms with E-state index in [0.29, 0.717) is 0 Å². The predicted molar refractivity (Wildman–Crippen MR) is 81.5 cm³/mol. The van der Waals surface area contributed by atoms with Gasteiger partial charge in [0.15, 0.2) is 0 Å². The zero-order chi connectivity index (χ0) is 14.4. The number of nitrogen functional groups attached to an aromatic ring is 1. The van der Waals surface area contributed by atoms with Gasteiger partial charge in [0.2, 0.25) is 0 Å². The molecule has 0 saturated carbocycles. The molecule has 0 aliphatic carbocycles. The van der Waals surface area contributed by atoms with Crippen LogP contribution in [0.5, 0.6) is 0 Å². The topological polar surface area (TPSA) is 63.3 Å². The van der Waals surface area contributed by atoms with Gasteiger partial charge in [0.05, 0.1) is 0 Å². The summed E-state index contributed by atoms with van der Waals surface area (Å²) in [5.74, 6) is -0.720. The number of rotatable bonds is 6. The summed E-state index contributed by atoms with van der Waals surface area (Å²) in [7, 11) is 0. The molecule has 3 nitrogen and oxygen atoms in total. The summed E-state index contributed by atoms with van der Waals surface area (Å²) in [6.07, 6.45) is 2.81. The van der Waals surface area contributed by atoms with Crippen LogP contribution in [0.4, 0.5) is 5.69 Å². The summed E-state index contributed by atoms with van der Waals surface area (Å²) < 4.78 is 0.